The highest BCUT2D eigenvalue weighted by atomic mass is 32.2. The first-order chi connectivity index (χ1) is 9.81. The molecule has 1 aliphatic carbocycles. The minimum atomic E-state index is 0.684. The number of hydrogen-bond acceptors (Lipinski definition) is 3. The zero-order chi connectivity index (χ0) is 14.2. The molecule has 2 N–H and O–H groups in total. The summed E-state index contributed by atoms with van der Waals surface area (Å²) >= 11 is 2.07. The summed E-state index contributed by atoms with van der Waals surface area (Å²) in [6, 6.07) is 2.24. The number of hydrogen-bond donors (Lipinski definition) is 2. The van der Waals surface area contributed by atoms with Gasteiger partial charge < -0.3 is 10.6 Å². The van der Waals surface area contributed by atoms with Gasteiger partial charge in [-0.15, -0.1) is 0 Å². The largest absolute Gasteiger partial charge is 0.314 e. The molecule has 0 aromatic heterocycles. The third-order valence-corrected chi connectivity index (χ3v) is 6.02. The predicted octanol–water partition coefficient (Wildman–Crippen LogP) is 3.81. The summed E-state index contributed by atoms with van der Waals surface area (Å²) in [5.41, 5.74) is 0. The standard InChI is InChI=1S/C17H34N2S/c1-3-20-13-11-14(2)19-17-10-5-4-8-15(17)16-9-6-7-12-18-16/h14-19H,3-13H2,1-2H3. The Hall–Kier alpha value is 0.270. The van der Waals surface area contributed by atoms with Crippen LogP contribution < -0.4 is 10.6 Å². The van der Waals surface area contributed by atoms with E-state index < -0.39 is 0 Å². The normalized spacial score (nSPS) is 33.0. The molecule has 1 saturated carbocycles. The number of thioether (sulfide) groups is 1. The summed E-state index contributed by atoms with van der Waals surface area (Å²) in [5.74, 6) is 3.44. The molecule has 0 spiro atoms. The fourth-order valence-corrected chi connectivity index (χ4v) is 4.75. The highest BCUT2D eigenvalue weighted by Gasteiger charge is 2.32. The highest BCUT2D eigenvalue weighted by molar-refractivity contribution is 7.99. The quantitative estimate of drug-likeness (QED) is 0.699. The molecule has 0 aromatic rings. The number of rotatable bonds is 7. The average Bonchev–Trinajstić information content (AvgIpc) is 2.49. The van der Waals surface area contributed by atoms with Crippen molar-refractivity contribution in [3.05, 3.63) is 0 Å². The molecule has 2 aliphatic rings. The van der Waals surface area contributed by atoms with E-state index in [-0.39, 0.29) is 0 Å². The third kappa shape index (κ3) is 5.23. The van der Waals surface area contributed by atoms with Gasteiger partial charge in [-0.3, -0.25) is 0 Å². The summed E-state index contributed by atoms with van der Waals surface area (Å²) in [6.07, 6.45) is 11.2. The van der Waals surface area contributed by atoms with Crippen molar-refractivity contribution in [1.82, 2.24) is 10.6 Å². The number of piperidine rings is 1. The Bertz CT molecular complexity index is 253. The van der Waals surface area contributed by atoms with Crippen LogP contribution in [0.5, 0.6) is 0 Å². The third-order valence-electron chi connectivity index (χ3n) is 5.08. The summed E-state index contributed by atoms with van der Waals surface area (Å²) < 4.78 is 0. The van der Waals surface area contributed by atoms with Crippen molar-refractivity contribution < 1.29 is 0 Å². The molecule has 0 aromatic carbocycles. The lowest BCUT2D eigenvalue weighted by Crippen LogP contribution is -2.52. The maximum absolute atomic E-state index is 3.97. The van der Waals surface area contributed by atoms with Crippen LogP contribution in [0.4, 0.5) is 0 Å². The molecule has 4 unspecified atom stereocenters. The maximum atomic E-state index is 3.97. The van der Waals surface area contributed by atoms with Gasteiger partial charge in [0.15, 0.2) is 0 Å². The first-order valence-electron chi connectivity index (χ1n) is 8.88. The summed E-state index contributed by atoms with van der Waals surface area (Å²) in [5, 5.41) is 7.77. The van der Waals surface area contributed by atoms with E-state index in [0.29, 0.717) is 6.04 Å². The van der Waals surface area contributed by atoms with Crippen molar-refractivity contribution in [3.8, 4) is 0 Å². The molecule has 1 aliphatic heterocycles. The lowest BCUT2D eigenvalue weighted by atomic mass is 9.77. The fourth-order valence-electron chi connectivity index (χ4n) is 3.95. The molecule has 20 heavy (non-hydrogen) atoms. The van der Waals surface area contributed by atoms with Crippen LogP contribution in [-0.4, -0.2) is 36.2 Å². The Morgan fingerprint density at radius 1 is 1.15 bits per heavy atom. The Labute approximate surface area is 130 Å². The molecule has 0 bridgehead atoms. The van der Waals surface area contributed by atoms with Crippen LogP contribution in [0.25, 0.3) is 0 Å². The van der Waals surface area contributed by atoms with E-state index in [9.17, 15) is 0 Å². The minimum Gasteiger partial charge on any atom is -0.314 e. The van der Waals surface area contributed by atoms with Gasteiger partial charge in [-0.25, -0.2) is 0 Å². The van der Waals surface area contributed by atoms with E-state index in [1.54, 1.807) is 0 Å². The van der Waals surface area contributed by atoms with E-state index in [1.165, 1.54) is 69.4 Å². The lowest BCUT2D eigenvalue weighted by Gasteiger charge is -2.41. The predicted molar refractivity (Wildman–Crippen MR) is 91.6 cm³/mol. The van der Waals surface area contributed by atoms with Crippen LogP contribution in [-0.2, 0) is 0 Å². The summed E-state index contributed by atoms with van der Waals surface area (Å²) in [7, 11) is 0. The minimum absolute atomic E-state index is 0.684. The van der Waals surface area contributed by atoms with E-state index in [0.717, 1.165) is 18.0 Å². The Morgan fingerprint density at radius 2 is 1.95 bits per heavy atom. The summed E-state index contributed by atoms with van der Waals surface area (Å²) in [6.45, 7) is 5.89. The van der Waals surface area contributed by atoms with Gasteiger partial charge in [0.2, 0.25) is 0 Å². The van der Waals surface area contributed by atoms with Crippen LogP contribution in [0.3, 0.4) is 0 Å². The molecule has 3 heteroatoms. The van der Waals surface area contributed by atoms with Crippen molar-refractivity contribution in [2.75, 3.05) is 18.1 Å². The van der Waals surface area contributed by atoms with Gasteiger partial charge in [0.05, 0.1) is 0 Å². The van der Waals surface area contributed by atoms with Gasteiger partial charge in [-0.2, -0.15) is 11.8 Å². The van der Waals surface area contributed by atoms with Crippen molar-refractivity contribution in [1.29, 1.82) is 0 Å². The van der Waals surface area contributed by atoms with E-state index in [4.69, 9.17) is 0 Å². The molecule has 0 radical (unpaired) electrons. The van der Waals surface area contributed by atoms with Crippen LogP contribution in [0.1, 0.15) is 65.2 Å². The Balaban J connectivity index is 1.79. The second-order valence-electron chi connectivity index (χ2n) is 6.66. The van der Waals surface area contributed by atoms with Crippen LogP contribution in [0.15, 0.2) is 0 Å². The molecule has 1 saturated heterocycles. The topological polar surface area (TPSA) is 24.1 Å². The zero-order valence-corrected chi connectivity index (χ0v) is 14.3. The monoisotopic (exact) mass is 298 g/mol. The van der Waals surface area contributed by atoms with E-state index in [2.05, 4.69) is 36.2 Å². The zero-order valence-electron chi connectivity index (χ0n) is 13.5. The molecule has 118 valence electrons. The van der Waals surface area contributed by atoms with Gasteiger partial charge >= 0.3 is 0 Å². The summed E-state index contributed by atoms with van der Waals surface area (Å²) in [4.78, 5) is 0. The molecule has 2 fully saturated rings. The second kappa shape index (κ2) is 9.32. The average molecular weight is 299 g/mol. The number of nitrogens with one attached hydrogen (secondary N) is 2. The van der Waals surface area contributed by atoms with Crippen molar-refractivity contribution in [2.45, 2.75) is 83.3 Å². The van der Waals surface area contributed by atoms with Gasteiger partial charge in [0.1, 0.15) is 0 Å². The molecule has 2 rings (SSSR count). The molecule has 4 atom stereocenters. The van der Waals surface area contributed by atoms with Gasteiger partial charge in [0, 0.05) is 18.1 Å². The van der Waals surface area contributed by atoms with Gasteiger partial charge in [0.25, 0.3) is 0 Å². The Morgan fingerprint density at radius 3 is 2.70 bits per heavy atom. The van der Waals surface area contributed by atoms with Crippen LogP contribution in [0, 0.1) is 5.92 Å². The smallest absolute Gasteiger partial charge is 0.0113 e. The molecular formula is C17H34N2S. The van der Waals surface area contributed by atoms with Crippen LogP contribution in [0.2, 0.25) is 0 Å². The lowest BCUT2D eigenvalue weighted by molar-refractivity contribution is 0.173. The van der Waals surface area contributed by atoms with Crippen LogP contribution >= 0.6 is 11.8 Å². The highest BCUT2D eigenvalue weighted by Crippen LogP contribution is 2.30. The maximum Gasteiger partial charge on any atom is 0.0113 e. The second-order valence-corrected chi connectivity index (χ2v) is 8.06. The van der Waals surface area contributed by atoms with E-state index in [1.807, 2.05) is 0 Å². The fraction of sp³-hybridized carbons (Fsp3) is 1.00. The van der Waals surface area contributed by atoms with Gasteiger partial charge in [-0.05, 0) is 63.0 Å². The first-order valence-corrected chi connectivity index (χ1v) is 10.0. The SMILES string of the molecule is CCSCCC(C)NC1CCCCC1C1CCCCN1. The molecule has 0 amide bonds. The van der Waals surface area contributed by atoms with E-state index >= 15 is 0 Å². The van der Waals surface area contributed by atoms with Crippen molar-refractivity contribution in [2.24, 2.45) is 5.92 Å². The van der Waals surface area contributed by atoms with Crippen molar-refractivity contribution >= 4 is 11.8 Å². The molecule has 1 heterocycles. The van der Waals surface area contributed by atoms with Crippen molar-refractivity contribution in [3.63, 3.8) is 0 Å². The first kappa shape index (κ1) is 16.6. The molecule has 2 nitrogen and oxygen atoms in total. The Kier molecular flexibility index (Phi) is 7.75. The molecular weight excluding hydrogens is 264 g/mol. The van der Waals surface area contributed by atoms with Gasteiger partial charge in [-0.1, -0.05) is 26.2 Å².